The molecular weight excluding hydrogens is 145 g/mol. The standard InChI is InChI=1S/C2H6N.Al.BrH.H/c1-3-2;;;/h1-2H3;;1H;/q-1;+2;;/p-1. The first-order valence-corrected chi connectivity index (χ1v) is 6.01. The fraction of sp³-hybridized carbons (Fsp3) is 1.00. The highest BCUT2D eigenvalue weighted by atomic mass is 79.9. The van der Waals surface area contributed by atoms with Crippen LogP contribution >= 0.6 is 14.1 Å². The Balaban J connectivity index is 2.54. The van der Waals surface area contributed by atoms with Crippen LogP contribution in [0, 0.1) is 0 Å². The maximum Gasteiger partial charge on any atom is 0.445 e. The molecule has 0 unspecified atom stereocenters. The van der Waals surface area contributed by atoms with Gasteiger partial charge in [-0.25, -0.2) is 0 Å². The van der Waals surface area contributed by atoms with E-state index in [0.717, 1.165) is 0 Å². The van der Waals surface area contributed by atoms with Crippen molar-refractivity contribution in [2.75, 3.05) is 14.1 Å². The van der Waals surface area contributed by atoms with Gasteiger partial charge in [-0.3, -0.25) is 0 Å². The highest BCUT2D eigenvalue weighted by Crippen LogP contribution is 1.73. The van der Waals surface area contributed by atoms with Gasteiger partial charge in [0.05, 0.1) is 0 Å². The zero-order valence-electron chi connectivity index (χ0n) is 3.53. The predicted molar refractivity (Wildman–Crippen MR) is 29.8 cm³/mol. The maximum atomic E-state index is 3.38. The van der Waals surface area contributed by atoms with E-state index < -0.39 is 0 Å². The van der Waals surface area contributed by atoms with Crippen LogP contribution in [0.4, 0.5) is 0 Å². The summed E-state index contributed by atoms with van der Waals surface area (Å²) in [6.07, 6.45) is 0. The fourth-order valence-corrected chi connectivity index (χ4v) is 0. The van der Waals surface area contributed by atoms with E-state index in [4.69, 9.17) is 0 Å². The molecule has 0 aliphatic carbocycles. The van der Waals surface area contributed by atoms with Crippen molar-refractivity contribution in [2.45, 2.75) is 0 Å². The highest BCUT2D eigenvalue weighted by Gasteiger charge is 1.83. The topological polar surface area (TPSA) is 3.24 Å². The van der Waals surface area contributed by atoms with Gasteiger partial charge in [-0.05, 0) is 14.1 Å². The minimum atomic E-state index is -0.00540. The van der Waals surface area contributed by atoms with Gasteiger partial charge in [0.2, 0.25) is 0 Å². The first-order valence-electron chi connectivity index (χ1n) is 1.48. The second-order valence-corrected chi connectivity index (χ2v) is 4.21. The number of rotatable bonds is 1. The molecular formula is C2H7AlBrN. The monoisotopic (exact) mass is 151 g/mol. The van der Waals surface area contributed by atoms with E-state index in [1.165, 1.54) is 0 Å². The molecule has 0 aliphatic rings. The number of hydrogen-bond donors (Lipinski definition) is 0. The molecule has 0 atom stereocenters. The molecule has 0 bridgehead atoms. The number of halogens is 1. The normalized spacial score (nSPS) is 8.80. The van der Waals surface area contributed by atoms with Crippen LogP contribution in [0.15, 0.2) is 0 Å². The predicted octanol–water partition coefficient (Wildman–Crippen LogP) is 0.209. The first kappa shape index (κ1) is 5.97. The highest BCUT2D eigenvalue weighted by molar-refractivity contribution is 9.23. The summed E-state index contributed by atoms with van der Waals surface area (Å²) in [5, 5.41) is 0. The molecule has 30 valence electrons. The molecule has 0 saturated heterocycles. The lowest BCUT2D eigenvalue weighted by molar-refractivity contribution is 0.675. The van der Waals surface area contributed by atoms with Gasteiger partial charge < -0.3 is 3.88 Å². The molecule has 1 nitrogen and oxygen atoms in total. The summed E-state index contributed by atoms with van der Waals surface area (Å²) < 4.78 is 2.18. The summed E-state index contributed by atoms with van der Waals surface area (Å²) in [6, 6.07) is 0. The van der Waals surface area contributed by atoms with Crippen molar-refractivity contribution in [1.29, 1.82) is 0 Å². The minimum Gasteiger partial charge on any atom is -0.384 e. The molecule has 0 radical (unpaired) electrons. The van der Waals surface area contributed by atoms with Crippen LogP contribution in [0.1, 0.15) is 0 Å². The summed E-state index contributed by atoms with van der Waals surface area (Å²) in [5.74, 6) is 0. The Kier molecular flexibility index (Phi) is 3.79. The molecule has 0 amide bonds. The molecule has 0 aromatic carbocycles. The molecule has 0 rings (SSSR count). The van der Waals surface area contributed by atoms with Crippen LogP contribution in [0.2, 0.25) is 0 Å². The molecule has 5 heavy (non-hydrogen) atoms. The van der Waals surface area contributed by atoms with Crippen molar-refractivity contribution >= 4 is 27.7 Å². The van der Waals surface area contributed by atoms with Crippen LogP contribution in [-0.2, 0) is 0 Å². The first-order chi connectivity index (χ1) is 2.27. The lowest BCUT2D eigenvalue weighted by Gasteiger charge is -1.96. The lowest BCUT2D eigenvalue weighted by Crippen LogP contribution is -2.10. The Labute approximate surface area is 45.9 Å². The van der Waals surface area contributed by atoms with Gasteiger partial charge in [0.15, 0.2) is 0 Å². The largest absolute Gasteiger partial charge is 0.445 e. The van der Waals surface area contributed by atoms with Crippen LogP contribution < -0.4 is 0 Å². The van der Waals surface area contributed by atoms with Gasteiger partial charge in [0.25, 0.3) is 0 Å². The molecule has 0 aromatic heterocycles. The third-order valence-corrected chi connectivity index (χ3v) is 3.73. The SMILES string of the molecule is C[N](C)[AlH][Br]. The Morgan fingerprint density at radius 3 is 1.80 bits per heavy atom. The third kappa shape index (κ3) is 4.97. The van der Waals surface area contributed by atoms with Gasteiger partial charge in [-0.15, -0.1) is 0 Å². The summed E-state index contributed by atoms with van der Waals surface area (Å²) in [5.41, 5.74) is 0. The molecule has 0 aliphatic heterocycles. The second-order valence-electron chi connectivity index (χ2n) is 1.20. The van der Waals surface area contributed by atoms with Crippen molar-refractivity contribution in [3.05, 3.63) is 0 Å². The molecule has 0 spiro atoms. The van der Waals surface area contributed by atoms with E-state index in [9.17, 15) is 0 Å². The number of hydrogen-bond acceptors (Lipinski definition) is 1. The fourth-order valence-electron chi connectivity index (χ4n) is 0. The van der Waals surface area contributed by atoms with Gasteiger partial charge >= 0.3 is 13.6 Å². The molecule has 0 N–H and O–H groups in total. The van der Waals surface area contributed by atoms with Gasteiger partial charge in [0, 0.05) is 0 Å². The smallest absolute Gasteiger partial charge is 0.384 e. The molecule has 0 saturated carbocycles. The van der Waals surface area contributed by atoms with E-state index in [0.29, 0.717) is 0 Å². The maximum absolute atomic E-state index is 3.38. The van der Waals surface area contributed by atoms with Crippen molar-refractivity contribution in [3.63, 3.8) is 0 Å². The van der Waals surface area contributed by atoms with Crippen LogP contribution in [0.3, 0.4) is 0 Å². The van der Waals surface area contributed by atoms with Crippen molar-refractivity contribution in [3.8, 4) is 0 Å². The third-order valence-electron chi connectivity index (χ3n) is 0.239. The Morgan fingerprint density at radius 2 is 1.80 bits per heavy atom. The van der Waals surface area contributed by atoms with Crippen molar-refractivity contribution < 1.29 is 0 Å². The number of nitrogens with zero attached hydrogens (tertiary/aromatic N) is 1. The van der Waals surface area contributed by atoms with Crippen molar-refractivity contribution in [2.24, 2.45) is 0 Å². The summed E-state index contributed by atoms with van der Waals surface area (Å²) in [4.78, 5) is 0. The van der Waals surface area contributed by atoms with E-state index in [-0.39, 0.29) is 13.6 Å². The van der Waals surface area contributed by atoms with E-state index >= 15 is 0 Å². The summed E-state index contributed by atoms with van der Waals surface area (Å²) in [6.45, 7) is 0. The summed E-state index contributed by atoms with van der Waals surface area (Å²) in [7, 11) is 4.14. The average Bonchev–Trinajstić information content (AvgIpc) is 1.38. The molecule has 3 heteroatoms. The summed E-state index contributed by atoms with van der Waals surface area (Å²) >= 11 is 3.37. The second kappa shape index (κ2) is 3.17. The Bertz CT molecular complexity index is 23.6. The Morgan fingerprint density at radius 1 is 1.60 bits per heavy atom. The molecule has 0 aromatic rings. The minimum absolute atomic E-state index is 0.00540. The molecule has 0 heterocycles. The zero-order chi connectivity index (χ0) is 4.28. The van der Waals surface area contributed by atoms with Crippen LogP contribution in [-0.4, -0.2) is 31.6 Å². The van der Waals surface area contributed by atoms with Crippen molar-refractivity contribution in [1.82, 2.24) is 3.88 Å². The van der Waals surface area contributed by atoms with Crippen LogP contribution in [0.5, 0.6) is 0 Å². The molecule has 0 fully saturated rings. The average molecular weight is 152 g/mol. The lowest BCUT2D eigenvalue weighted by atomic mass is 11.3. The van der Waals surface area contributed by atoms with E-state index in [2.05, 4.69) is 32.0 Å². The van der Waals surface area contributed by atoms with Gasteiger partial charge in [-0.2, -0.15) is 14.1 Å². The van der Waals surface area contributed by atoms with Crippen LogP contribution in [0.25, 0.3) is 0 Å². The van der Waals surface area contributed by atoms with Gasteiger partial charge in [0.1, 0.15) is 0 Å². The van der Waals surface area contributed by atoms with Gasteiger partial charge in [-0.1, -0.05) is 0 Å². The quantitative estimate of drug-likeness (QED) is 0.485. The van der Waals surface area contributed by atoms with E-state index in [1.54, 1.807) is 0 Å². The zero-order valence-corrected chi connectivity index (χ0v) is 6.53. The Hall–Kier alpha value is 0.972. The van der Waals surface area contributed by atoms with E-state index in [1.807, 2.05) is 0 Å².